The fourth-order valence-corrected chi connectivity index (χ4v) is 6.87. The van der Waals surface area contributed by atoms with E-state index in [0.717, 1.165) is 28.7 Å². The second-order valence-electron chi connectivity index (χ2n) is 5.87. The number of hydrogen-bond donors (Lipinski definition) is 1. The Labute approximate surface area is 150 Å². The van der Waals surface area contributed by atoms with Crippen molar-refractivity contribution in [1.82, 2.24) is 14.6 Å². The van der Waals surface area contributed by atoms with Gasteiger partial charge in [-0.1, -0.05) is 0 Å². The number of rotatable bonds is 3. The van der Waals surface area contributed by atoms with Gasteiger partial charge in [-0.25, -0.2) is 13.4 Å². The van der Waals surface area contributed by atoms with E-state index in [1.54, 1.807) is 21.7 Å². The Morgan fingerprint density at radius 2 is 1.96 bits per heavy atom. The number of thiazole rings is 1. The van der Waals surface area contributed by atoms with Crippen LogP contribution in [0.4, 0.5) is 0 Å². The largest absolute Gasteiger partial charge is 0.316 e. The first-order valence-electron chi connectivity index (χ1n) is 7.27. The number of hydrogen-bond acceptors (Lipinski definition) is 6. The van der Waals surface area contributed by atoms with Gasteiger partial charge in [-0.3, -0.25) is 0 Å². The van der Waals surface area contributed by atoms with Gasteiger partial charge in [0.25, 0.3) is 10.0 Å². The molecule has 126 valence electrons. The number of sulfonamides is 1. The summed E-state index contributed by atoms with van der Waals surface area (Å²) in [6, 6.07) is 3.58. The van der Waals surface area contributed by atoms with Crippen LogP contribution in [-0.4, -0.2) is 43.9 Å². The molecular formula is C14H18ClN3O2S3. The van der Waals surface area contributed by atoms with E-state index in [2.05, 4.69) is 10.3 Å². The van der Waals surface area contributed by atoms with Crippen molar-refractivity contribution in [1.29, 1.82) is 0 Å². The quantitative estimate of drug-likeness (QED) is 0.872. The highest BCUT2D eigenvalue weighted by Crippen LogP contribution is 2.36. The van der Waals surface area contributed by atoms with Gasteiger partial charge < -0.3 is 5.32 Å². The molecule has 0 bridgehead atoms. The molecule has 0 radical (unpaired) electrons. The second kappa shape index (κ2) is 6.42. The van der Waals surface area contributed by atoms with Crippen LogP contribution in [0.5, 0.6) is 0 Å². The van der Waals surface area contributed by atoms with E-state index >= 15 is 0 Å². The van der Waals surface area contributed by atoms with E-state index in [9.17, 15) is 8.42 Å². The number of thiophene rings is 1. The van der Waals surface area contributed by atoms with Gasteiger partial charge in [-0.05, 0) is 44.0 Å². The monoisotopic (exact) mass is 391 g/mol. The summed E-state index contributed by atoms with van der Waals surface area (Å²) < 4.78 is 27.7. The summed E-state index contributed by atoms with van der Waals surface area (Å²) in [7, 11) is -3.36. The topological polar surface area (TPSA) is 62.3 Å². The Morgan fingerprint density at radius 3 is 2.57 bits per heavy atom. The molecule has 0 saturated carbocycles. The van der Waals surface area contributed by atoms with E-state index < -0.39 is 10.0 Å². The Balaban J connectivity index is 0.00000156. The molecule has 0 spiro atoms. The van der Waals surface area contributed by atoms with Crippen molar-refractivity contribution in [3.05, 3.63) is 22.5 Å². The molecule has 2 aliphatic rings. The minimum atomic E-state index is -3.36. The third-order valence-corrected chi connectivity index (χ3v) is 8.58. The summed E-state index contributed by atoms with van der Waals surface area (Å²) in [6.07, 6.45) is 0. The fraction of sp³-hybridized carbons (Fsp3) is 0.500. The number of nitrogens with one attached hydrogen (secondary N) is 1. The van der Waals surface area contributed by atoms with Crippen LogP contribution in [0.15, 0.2) is 21.7 Å². The molecule has 2 aromatic rings. The molecule has 23 heavy (non-hydrogen) atoms. The highest BCUT2D eigenvalue weighted by atomic mass is 35.5. The lowest BCUT2D eigenvalue weighted by Crippen LogP contribution is -2.31. The summed E-state index contributed by atoms with van der Waals surface area (Å²) in [6.45, 7) is 5.11. The predicted molar refractivity (Wildman–Crippen MR) is 96.0 cm³/mol. The Morgan fingerprint density at radius 1 is 1.26 bits per heavy atom. The number of aryl methyl sites for hydroxylation is 1. The van der Waals surface area contributed by atoms with Gasteiger partial charge in [0.05, 0.1) is 15.6 Å². The zero-order valence-electron chi connectivity index (χ0n) is 12.6. The molecule has 0 aliphatic carbocycles. The summed E-state index contributed by atoms with van der Waals surface area (Å²) >= 11 is 2.90. The van der Waals surface area contributed by atoms with Crippen molar-refractivity contribution in [2.24, 2.45) is 11.8 Å². The first-order chi connectivity index (χ1) is 10.5. The van der Waals surface area contributed by atoms with E-state index in [1.807, 2.05) is 18.4 Å². The van der Waals surface area contributed by atoms with Crippen LogP contribution < -0.4 is 5.32 Å². The maximum Gasteiger partial charge on any atom is 0.252 e. The van der Waals surface area contributed by atoms with Crippen LogP contribution in [0.2, 0.25) is 0 Å². The van der Waals surface area contributed by atoms with Gasteiger partial charge in [0, 0.05) is 18.5 Å². The molecular weight excluding hydrogens is 374 g/mol. The summed E-state index contributed by atoms with van der Waals surface area (Å²) in [4.78, 5) is 5.35. The summed E-state index contributed by atoms with van der Waals surface area (Å²) in [5, 5.41) is 6.31. The third-order valence-electron chi connectivity index (χ3n) is 4.40. The number of aromatic nitrogens is 1. The number of halogens is 1. The molecule has 2 aliphatic heterocycles. The highest BCUT2D eigenvalue weighted by molar-refractivity contribution is 7.91. The molecule has 4 heterocycles. The molecule has 5 nitrogen and oxygen atoms in total. The van der Waals surface area contributed by atoms with Crippen LogP contribution in [0.3, 0.4) is 0 Å². The van der Waals surface area contributed by atoms with Gasteiger partial charge >= 0.3 is 0 Å². The van der Waals surface area contributed by atoms with Gasteiger partial charge in [0.2, 0.25) is 0 Å². The fourth-order valence-electron chi connectivity index (χ4n) is 3.21. The van der Waals surface area contributed by atoms with Crippen molar-refractivity contribution >= 4 is 45.1 Å². The van der Waals surface area contributed by atoms with Gasteiger partial charge in [0.15, 0.2) is 0 Å². The zero-order valence-corrected chi connectivity index (χ0v) is 15.8. The minimum Gasteiger partial charge on any atom is -0.316 e. The van der Waals surface area contributed by atoms with Gasteiger partial charge in [-0.15, -0.1) is 35.1 Å². The predicted octanol–water partition coefficient (Wildman–Crippen LogP) is 2.44. The van der Waals surface area contributed by atoms with Crippen molar-refractivity contribution in [3.8, 4) is 10.6 Å². The molecule has 0 amide bonds. The molecule has 2 aromatic heterocycles. The van der Waals surface area contributed by atoms with Crippen LogP contribution in [-0.2, 0) is 10.0 Å². The molecule has 0 aromatic carbocycles. The average molecular weight is 392 g/mol. The molecule has 4 rings (SSSR count). The Kier molecular flexibility index (Phi) is 4.83. The zero-order chi connectivity index (χ0) is 15.3. The normalized spacial score (nSPS) is 24.6. The Hall–Kier alpha value is -0.510. The van der Waals surface area contributed by atoms with Crippen molar-refractivity contribution < 1.29 is 8.42 Å². The molecule has 2 saturated heterocycles. The van der Waals surface area contributed by atoms with Crippen LogP contribution >= 0.6 is 35.1 Å². The maximum absolute atomic E-state index is 12.8. The molecule has 2 fully saturated rings. The molecule has 0 unspecified atom stereocenters. The second-order valence-corrected chi connectivity index (χ2v) is 10.2. The smallest absolute Gasteiger partial charge is 0.252 e. The Bertz CT molecular complexity index is 790. The lowest BCUT2D eigenvalue weighted by molar-refractivity contribution is 0.449. The van der Waals surface area contributed by atoms with E-state index in [0.29, 0.717) is 29.1 Å². The van der Waals surface area contributed by atoms with Crippen molar-refractivity contribution in [2.45, 2.75) is 11.1 Å². The van der Waals surface area contributed by atoms with Crippen molar-refractivity contribution in [2.75, 3.05) is 26.2 Å². The lowest BCUT2D eigenvalue weighted by Gasteiger charge is -2.15. The number of nitrogens with zero attached hydrogens (tertiary/aromatic N) is 2. The van der Waals surface area contributed by atoms with Crippen LogP contribution in [0.25, 0.3) is 10.6 Å². The van der Waals surface area contributed by atoms with E-state index in [4.69, 9.17) is 0 Å². The number of fused-ring (bicyclic) bond motifs is 1. The standard InChI is InChI=1S/C14H17N3O2S3.ClH/c1-9-16-12(8-20-9)13-2-3-14(21-13)22(18,19)17-6-10-4-15-5-11(10)7-17;/h2-3,8,10-11,15H,4-7H2,1H3;1H/t10-,11+;. The maximum atomic E-state index is 12.8. The summed E-state index contributed by atoms with van der Waals surface area (Å²) in [5.74, 6) is 0.936. The van der Waals surface area contributed by atoms with E-state index in [1.165, 1.54) is 11.3 Å². The van der Waals surface area contributed by atoms with Gasteiger partial charge in [0.1, 0.15) is 4.21 Å². The van der Waals surface area contributed by atoms with E-state index in [-0.39, 0.29) is 12.4 Å². The van der Waals surface area contributed by atoms with Crippen LogP contribution in [0, 0.1) is 18.8 Å². The van der Waals surface area contributed by atoms with Crippen molar-refractivity contribution in [3.63, 3.8) is 0 Å². The lowest BCUT2D eigenvalue weighted by atomic mass is 10.0. The molecule has 9 heteroatoms. The first kappa shape index (κ1) is 17.3. The highest BCUT2D eigenvalue weighted by Gasteiger charge is 2.41. The minimum absolute atomic E-state index is 0. The van der Waals surface area contributed by atoms with Crippen LogP contribution in [0.1, 0.15) is 5.01 Å². The third kappa shape index (κ3) is 3.08. The average Bonchev–Trinajstić information content (AvgIpc) is 3.21. The SMILES string of the molecule is Cc1nc(-c2ccc(S(=O)(=O)N3C[C@H]4CNC[C@H]4C3)s2)cs1.Cl. The first-order valence-corrected chi connectivity index (χ1v) is 10.4. The summed E-state index contributed by atoms with van der Waals surface area (Å²) in [5.41, 5.74) is 0.872. The molecule has 1 N–H and O–H groups in total. The molecule has 2 atom stereocenters. The van der Waals surface area contributed by atoms with Gasteiger partial charge in [-0.2, -0.15) is 4.31 Å².